The van der Waals surface area contributed by atoms with Gasteiger partial charge in [-0.15, -0.1) is 11.3 Å². The summed E-state index contributed by atoms with van der Waals surface area (Å²) in [5.41, 5.74) is 1.10. The molecule has 2 aromatic rings. The Hall–Kier alpha value is -2.22. The average Bonchev–Trinajstić information content (AvgIpc) is 3.20. The van der Waals surface area contributed by atoms with Crippen molar-refractivity contribution in [2.45, 2.75) is 31.7 Å². The van der Waals surface area contributed by atoms with Crippen LogP contribution in [0.25, 0.3) is 0 Å². The molecule has 0 bridgehead atoms. The molecule has 172 valence electrons. The highest BCUT2D eigenvalue weighted by Gasteiger charge is 2.24. The summed E-state index contributed by atoms with van der Waals surface area (Å²) in [6, 6.07) is 14.1. The number of carbonyl (C=O) groups is 2. The van der Waals surface area contributed by atoms with Crippen LogP contribution in [0, 0.1) is 0 Å². The maximum Gasteiger partial charge on any atom is 0.236 e. The van der Waals surface area contributed by atoms with Crippen molar-refractivity contribution in [3.63, 3.8) is 0 Å². The SMILES string of the molecule is O=C(CN1CCN(CC(=O)N2CCCCCC2)CC1)NC(c1ccccc1)c1cccs1. The molecule has 0 radical (unpaired) electrons. The Balaban J connectivity index is 1.24. The highest BCUT2D eigenvalue weighted by molar-refractivity contribution is 7.10. The number of benzene rings is 1. The Labute approximate surface area is 195 Å². The standard InChI is InChI=1S/C25H34N4O2S/c30-23(26-25(22-11-8-18-32-22)21-9-4-3-5-10-21)19-27-14-16-28(17-15-27)20-24(31)29-12-6-1-2-7-13-29/h3-5,8-11,18,25H,1-2,6-7,12-17,19-20H2,(H,26,30). The number of piperazine rings is 1. The smallest absolute Gasteiger partial charge is 0.236 e. The largest absolute Gasteiger partial charge is 0.343 e. The molecule has 2 aliphatic heterocycles. The minimum atomic E-state index is -0.115. The first kappa shape index (κ1) is 23.0. The van der Waals surface area contributed by atoms with Gasteiger partial charge in [-0.2, -0.15) is 0 Å². The third-order valence-corrected chi connectivity index (χ3v) is 7.35. The molecule has 4 rings (SSSR count). The maximum atomic E-state index is 12.9. The van der Waals surface area contributed by atoms with Crippen LogP contribution in [0.1, 0.15) is 42.2 Å². The van der Waals surface area contributed by atoms with Crippen molar-refractivity contribution in [3.05, 3.63) is 58.3 Å². The zero-order valence-electron chi connectivity index (χ0n) is 18.7. The number of thiophene rings is 1. The molecule has 1 unspecified atom stereocenters. The molecule has 6 nitrogen and oxygen atoms in total. The number of rotatable bonds is 7. The first-order chi connectivity index (χ1) is 15.7. The van der Waals surface area contributed by atoms with Gasteiger partial charge in [-0.25, -0.2) is 0 Å². The summed E-state index contributed by atoms with van der Waals surface area (Å²) in [6.07, 6.45) is 4.73. The van der Waals surface area contributed by atoms with Gasteiger partial charge in [0.1, 0.15) is 0 Å². The minimum absolute atomic E-state index is 0.0429. The molecule has 1 atom stereocenters. The number of likely N-dealkylation sites (tertiary alicyclic amines) is 1. The summed E-state index contributed by atoms with van der Waals surface area (Å²) in [5, 5.41) is 5.28. The van der Waals surface area contributed by atoms with Gasteiger partial charge in [0.25, 0.3) is 0 Å². The van der Waals surface area contributed by atoms with Crippen LogP contribution in [-0.2, 0) is 9.59 Å². The van der Waals surface area contributed by atoms with Crippen LogP contribution in [0.3, 0.4) is 0 Å². The van der Waals surface area contributed by atoms with Crippen molar-refractivity contribution in [1.29, 1.82) is 0 Å². The normalized spacial score (nSPS) is 19.3. The van der Waals surface area contributed by atoms with Gasteiger partial charge in [-0.05, 0) is 29.9 Å². The average molecular weight is 455 g/mol. The zero-order chi connectivity index (χ0) is 22.2. The van der Waals surface area contributed by atoms with E-state index in [0.29, 0.717) is 13.1 Å². The molecule has 2 fully saturated rings. The molecule has 0 saturated carbocycles. The molecule has 2 amide bonds. The Morgan fingerprint density at radius 1 is 0.812 bits per heavy atom. The van der Waals surface area contributed by atoms with E-state index in [-0.39, 0.29) is 17.9 Å². The van der Waals surface area contributed by atoms with E-state index in [2.05, 4.69) is 33.3 Å². The van der Waals surface area contributed by atoms with Crippen molar-refractivity contribution in [3.8, 4) is 0 Å². The maximum absolute atomic E-state index is 12.9. The molecule has 0 spiro atoms. The zero-order valence-corrected chi connectivity index (χ0v) is 19.6. The first-order valence-electron chi connectivity index (χ1n) is 11.8. The summed E-state index contributed by atoms with van der Waals surface area (Å²) in [5.74, 6) is 0.307. The molecule has 3 heterocycles. The number of amides is 2. The van der Waals surface area contributed by atoms with Crippen molar-refractivity contribution >= 4 is 23.2 Å². The molecule has 1 aromatic carbocycles. The monoisotopic (exact) mass is 454 g/mol. The third-order valence-electron chi connectivity index (χ3n) is 6.42. The van der Waals surface area contributed by atoms with Crippen molar-refractivity contribution in [1.82, 2.24) is 20.0 Å². The second-order valence-electron chi connectivity index (χ2n) is 8.77. The summed E-state index contributed by atoms with van der Waals surface area (Å²) in [7, 11) is 0. The highest BCUT2D eigenvalue weighted by atomic mass is 32.1. The van der Waals surface area contributed by atoms with E-state index < -0.39 is 0 Å². The van der Waals surface area contributed by atoms with E-state index >= 15 is 0 Å². The van der Waals surface area contributed by atoms with Gasteiger partial charge in [0.05, 0.1) is 19.1 Å². The van der Waals surface area contributed by atoms with Crippen LogP contribution in [0.5, 0.6) is 0 Å². The van der Waals surface area contributed by atoms with Gasteiger partial charge in [-0.3, -0.25) is 19.4 Å². The van der Waals surface area contributed by atoms with E-state index in [1.165, 1.54) is 12.8 Å². The number of nitrogens with zero attached hydrogens (tertiary/aromatic N) is 3. The second kappa shape index (κ2) is 11.6. The van der Waals surface area contributed by atoms with Crippen LogP contribution in [0.2, 0.25) is 0 Å². The second-order valence-corrected chi connectivity index (χ2v) is 9.75. The van der Waals surface area contributed by atoms with E-state index in [1.807, 2.05) is 34.5 Å². The van der Waals surface area contributed by atoms with Gasteiger partial charge in [-0.1, -0.05) is 49.2 Å². The summed E-state index contributed by atoms with van der Waals surface area (Å²) in [6.45, 7) is 6.01. The molecule has 2 aliphatic rings. The molecule has 7 heteroatoms. The van der Waals surface area contributed by atoms with Crippen LogP contribution >= 0.6 is 11.3 Å². The quantitative estimate of drug-likeness (QED) is 0.699. The Kier molecular flexibility index (Phi) is 8.31. The lowest BCUT2D eigenvalue weighted by atomic mass is 10.1. The first-order valence-corrected chi connectivity index (χ1v) is 12.7. The van der Waals surface area contributed by atoms with Crippen LogP contribution in [-0.4, -0.2) is 78.9 Å². The van der Waals surface area contributed by atoms with E-state index in [4.69, 9.17) is 0 Å². The predicted molar refractivity (Wildman–Crippen MR) is 129 cm³/mol. The van der Waals surface area contributed by atoms with Crippen LogP contribution in [0.4, 0.5) is 0 Å². The Morgan fingerprint density at radius 2 is 1.47 bits per heavy atom. The number of nitrogens with one attached hydrogen (secondary N) is 1. The predicted octanol–water partition coefficient (Wildman–Crippen LogP) is 2.97. The number of carbonyl (C=O) groups excluding carboxylic acids is 2. The van der Waals surface area contributed by atoms with Gasteiger partial charge in [0, 0.05) is 44.1 Å². The van der Waals surface area contributed by atoms with Gasteiger partial charge < -0.3 is 10.2 Å². The van der Waals surface area contributed by atoms with Crippen molar-refractivity contribution in [2.75, 3.05) is 52.4 Å². The van der Waals surface area contributed by atoms with E-state index in [0.717, 1.165) is 62.6 Å². The van der Waals surface area contributed by atoms with E-state index in [1.54, 1.807) is 11.3 Å². The summed E-state index contributed by atoms with van der Waals surface area (Å²) < 4.78 is 0. The highest BCUT2D eigenvalue weighted by Crippen LogP contribution is 2.25. The molecule has 2 saturated heterocycles. The Bertz CT molecular complexity index is 842. The fourth-order valence-electron chi connectivity index (χ4n) is 4.55. The number of hydrogen-bond donors (Lipinski definition) is 1. The van der Waals surface area contributed by atoms with Gasteiger partial charge in [0.2, 0.25) is 11.8 Å². The Morgan fingerprint density at radius 3 is 2.09 bits per heavy atom. The molecule has 0 aliphatic carbocycles. The molecular weight excluding hydrogens is 420 g/mol. The van der Waals surface area contributed by atoms with Gasteiger partial charge >= 0.3 is 0 Å². The minimum Gasteiger partial charge on any atom is -0.343 e. The van der Waals surface area contributed by atoms with Crippen molar-refractivity contribution in [2.24, 2.45) is 0 Å². The molecule has 32 heavy (non-hydrogen) atoms. The van der Waals surface area contributed by atoms with Crippen LogP contribution < -0.4 is 5.32 Å². The van der Waals surface area contributed by atoms with Crippen LogP contribution in [0.15, 0.2) is 47.8 Å². The fourth-order valence-corrected chi connectivity index (χ4v) is 5.35. The third kappa shape index (κ3) is 6.40. The molecular formula is C25H34N4O2S. The summed E-state index contributed by atoms with van der Waals surface area (Å²) in [4.78, 5) is 33.1. The number of hydrogen-bond acceptors (Lipinski definition) is 5. The molecule has 1 N–H and O–H groups in total. The van der Waals surface area contributed by atoms with Gasteiger partial charge in [0.15, 0.2) is 0 Å². The van der Waals surface area contributed by atoms with Crippen molar-refractivity contribution < 1.29 is 9.59 Å². The topological polar surface area (TPSA) is 55.9 Å². The lowest BCUT2D eigenvalue weighted by molar-refractivity contribution is -0.133. The molecule has 1 aromatic heterocycles. The lowest BCUT2D eigenvalue weighted by Gasteiger charge is -2.35. The summed E-state index contributed by atoms with van der Waals surface area (Å²) >= 11 is 1.66. The lowest BCUT2D eigenvalue weighted by Crippen LogP contribution is -2.52. The fraction of sp³-hybridized carbons (Fsp3) is 0.520. The van der Waals surface area contributed by atoms with E-state index in [9.17, 15) is 9.59 Å².